The van der Waals surface area contributed by atoms with Gasteiger partial charge in [-0.25, -0.2) is 0 Å². The maximum atomic E-state index is 12.1. The maximum Gasteiger partial charge on any atom is 0.422 e. The van der Waals surface area contributed by atoms with Crippen LogP contribution >= 0.6 is 0 Å². The number of ether oxygens (including phenoxy) is 1. The van der Waals surface area contributed by atoms with Gasteiger partial charge in [-0.1, -0.05) is 32.9 Å². The first kappa shape index (κ1) is 14.5. The molecule has 5 heteroatoms. The van der Waals surface area contributed by atoms with E-state index < -0.39 is 18.2 Å². The lowest BCUT2D eigenvalue weighted by molar-refractivity contribution is -0.153. The first-order chi connectivity index (χ1) is 8.11. The number of Topliss-reactive ketones (excluding diaryl/α,β-unsaturated/α-hetero) is 1. The SMILES string of the molecule is CC(C)(C)C(=O)c1ccccc1OCC(F)(F)F. The van der Waals surface area contributed by atoms with E-state index in [2.05, 4.69) is 4.74 Å². The number of hydrogen-bond acceptors (Lipinski definition) is 2. The number of carbonyl (C=O) groups is 1. The van der Waals surface area contributed by atoms with Crippen LogP contribution in [-0.2, 0) is 0 Å². The Hall–Kier alpha value is -1.52. The van der Waals surface area contributed by atoms with E-state index in [1.165, 1.54) is 18.2 Å². The summed E-state index contributed by atoms with van der Waals surface area (Å²) in [5, 5.41) is 0. The monoisotopic (exact) mass is 260 g/mol. The lowest BCUT2D eigenvalue weighted by atomic mass is 9.86. The summed E-state index contributed by atoms with van der Waals surface area (Å²) >= 11 is 0. The first-order valence-corrected chi connectivity index (χ1v) is 5.44. The van der Waals surface area contributed by atoms with Gasteiger partial charge in [-0.2, -0.15) is 13.2 Å². The van der Waals surface area contributed by atoms with Crippen molar-refractivity contribution >= 4 is 5.78 Å². The van der Waals surface area contributed by atoms with Crippen molar-refractivity contribution in [2.24, 2.45) is 5.41 Å². The Balaban J connectivity index is 2.97. The molecule has 0 aliphatic heterocycles. The molecule has 0 aliphatic carbocycles. The molecule has 0 fully saturated rings. The fourth-order valence-electron chi connectivity index (χ4n) is 1.34. The molecule has 0 radical (unpaired) electrons. The molecule has 0 amide bonds. The van der Waals surface area contributed by atoms with Gasteiger partial charge in [-0.05, 0) is 12.1 Å². The van der Waals surface area contributed by atoms with Gasteiger partial charge in [0.25, 0.3) is 0 Å². The molecule has 1 aromatic carbocycles. The highest BCUT2D eigenvalue weighted by molar-refractivity contribution is 6.02. The number of halogens is 3. The van der Waals surface area contributed by atoms with Gasteiger partial charge in [0.2, 0.25) is 0 Å². The summed E-state index contributed by atoms with van der Waals surface area (Å²) in [4.78, 5) is 12.1. The van der Waals surface area contributed by atoms with Gasteiger partial charge in [-0.3, -0.25) is 4.79 Å². The van der Waals surface area contributed by atoms with Crippen molar-refractivity contribution in [2.45, 2.75) is 26.9 Å². The highest BCUT2D eigenvalue weighted by atomic mass is 19.4. The fraction of sp³-hybridized carbons (Fsp3) is 0.462. The molecule has 0 N–H and O–H groups in total. The number of carbonyl (C=O) groups excluding carboxylic acids is 1. The van der Waals surface area contributed by atoms with Gasteiger partial charge in [0.05, 0.1) is 5.56 Å². The molecule has 0 saturated heterocycles. The number of rotatable bonds is 3. The second kappa shape index (κ2) is 5.00. The number of alkyl halides is 3. The summed E-state index contributed by atoms with van der Waals surface area (Å²) in [5.74, 6) is -0.282. The Bertz CT molecular complexity index is 431. The van der Waals surface area contributed by atoms with Crippen molar-refractivity contribution in [3.05, 3.63) is 29.8 Å². The zero-order valence-electron chi connectivity index (χ0n) is 10.5. The minimum Gasteiger partial charge on any atom is -0.483 e. The number of benzene rings is 1. The summed E-state index contributed by atoms with van der Waals surface area (Å²) in [6.45, 7) is 3.71. The van der Waals surface area contributed by atoms with Crippen molar-refractivity contribution < 1.29 is 22.7 Å². The standard InChI is InChI=1S/C13H15F3O2/c1-12(2,3)11(17)9-6-4-5-7-10(9)18-8-13(14,15)16/h4-7H,8H2,1-3H3. The molecule has 0 spiro atoms. The molecule has 1 aromatic rings. The van der Waals surface area contributed by atoms with Crippen LogP contribution in [0.1, 0.15) is 31.1 Å². The van der Waals surface area contributed by atoms with Crippen LogP contribution in [0.5, 0.6) is 5.75 Å². The van der Waals surface area contributed by atoms with E-state index in [0.717, 1.165) is 0 Å². The minimum absolute atomic E-state index is 0.0326. The summed E-state index contributed by atoms with van der Waals surface area (Å²) < 4.78 is 41.0. The van der Waals surface area contributed by atoms with Gasteiger partial charge in [0, 0.05) is 5.41 Å². The molecule has 1 rings (SSSR count). The van der Waals surface area contributed by atoms with Crippen molar-refractivity contribution in [3.8, 4) is 5.75 Å². The fourth-order valence-corrected chi connectivity index (χ4v) is 1.34. The highest BCUT2D eigenvalue weighted by Gasteiger charge is 2.30. The zero-order valence-corrected chi connectivity index (χ0v) is 10.5. The molecule has 0 unspecified atom stereocenters. The van der Waals surface area contributed by atoms with Gasteiger partial charge in [0.15, 0.2) is 12.4 Å². The van der Waals surface area contributed by atoms with Crippen LogP contribution < -0.4 is 4.74 Å². The molecule has 0 aromatic heterocycles. The summed E-state index contributed by atoms with van der Waals surface area (Å²) in [6.07, 6.45) is -4.42. The third kappa shape index (κ3) is 4.05. The average Bonchev–Trinajstić information content (AvgIpc) is 2.23. The van der Waals surface area contributed by atoms with Crippen LogP contribution in [0.3, 0.4) is 0 Å². The molecule has 18 heavy (non-hydrogen) atoms. The van der Waals surface area contributed by atoms with E-state index >= 15 is 0 Å². The summed E-state index contributed by atoms with van der Waals surface area (Å²) in [5.41, 5.74) is -0.494. The molecule has 0 heterocycles. The largest absolute Gasteiger partial charge is 0.483 e. The number of ketones is 1. The number of para-hydroxylation sites is 1. The average molecular weight is 260 g/mol. The normalized spacial score (nSPS) is 12.3. The lowest BCUT2D eigenvalue weighted by Crippen LogP contribution is -2.23. The van der Waals surface area contributed by atoms with Crippen LogP contribution in [0, 0.1) is 5.41 Å². The lowest BCUT2D eigenvalue weighted by Gasteiger charge is -2.19. The van der Waals surface area contributed by atoms with Crippen LogP contribution in [-0.4, -0.2) is 18.6 Å². The molecule has 0 bridgehead atoms. The molecular formula is C13H15F3O2. The van der Waals surface area contributed by atoms with Crippen LogP contribution in [0.2, 0.25) is 0 Å². The Labute approximate surface area is 104 Å². The van der Waals surface area contributed by atoms with E-state index in [-0.39, 0.29) is 17.1 Å². The van der Waals surface area contributed by atoms with Crippen molar-refractivity contribution in [2.75, 3.05) is 6.61 Å². The topological polar surface area (TPSA) is 26.3 Å². The predicted molar refractivity (Wildman–Crippen MR) is 61.8 cm³/mol. The van der Waals surface area contributed by atoms with Crippen molar-refractivity contribution in [3.63, 3.8) is 0 Å². The third-order valence-corrected chi connectivity index (χ3v) is 2.20. The van der Waals surface area contributed by atoms with E-state index in [9.17, 15) is 18.0 Å². The molecule has 0 saturated carbocycles. The Morgan fingerprint density at radius 3 is 2.22 bits per heavy atom. The minimum atomic E-state index is -4.42. The van der Waals surface area contributed by atoms with Crippen LogP contribution in [0.4, 0.5) is 13.2 Å². The van der Waals surface area contributed by atoms with Gasteiger partial charge in [0.1, 0.15) is 5.75 Å². The Morgan fingerprint density at radius 2 is 1.72 bits per heavy atom. The van der Waals surface area contributed by atoms with Crippen LogP contribution in [0.25, 0.3) is 0 Å². The van der Waals surface area contributed by atoms with E-state index in [1.54, 1.807) is 26.8 Å². The molecule has 100 valence electrons. The molecule has 0 atom stereocenters. The van der Waals surface area contributed by atoms with E-state index in [1.807, 2.05) is 0 Å². The predicted octanol–water partition coefficient (Wildman–Crippen LogP) is 3.86. The Kier molecular flexibility index (Phi) is 4.04. The van der Waals surface area contributed by atoms with E-state index in [4.69, 9.17) is 0 Å². The highest BCUT2D eigenvalue weighted by Crippen LogP contribution is 2.28. The quantitative estimate of drug-likeness (QED) is 0.771. The van der Waals surface area contributed by atoms with Gasteiger partial charge in [-0.15, -0.1) is 0 Å². The smallest absolute Gasteiger partial charge is 0.422 e. The van der Waals surface area contributed by atoms with Crippen molar-refractivity contribution in [1.82, 2.24) is 0 Å². The second-order valence-corrected chi connectivity index (χ2v) is 4.98. The molecule has 0 aliphatic rings. The third-order valence-electron chi connectivity index (χ3n) is 2.20. The second-order valence-electron chi connectivity index (χ2n) is 4.98. The summed E-state index contributed by atoms with van der Waals surface area (Å²) in [6, 6.07) is 5.97. The van der Waals surface area contributed by atoms with E-state index in [0.29, 0.717) is 0 Å². The first-order valence-electron chi connectivity index (χ1n) is 5.44. The van der Waals surface area contributed by atoms with Crippen molar-refractivity contribution in [1.29, 1.82) is 0 Å². The van der Waals surface area contributed by atoms with Gasteiger partial charge < -0.3 is 4.74 Å². The maximum absolute atomic E-state index is 12.1. The Morgan fingerprint density at radius 1 is 1.17 bits per heavy atom. The van der Waals surface area contributed by atoms with Gasteiger partial charge >= 0.3 is 6.18 Å². The number of hydrogen-bond donors (Lipinski definition) is 0. The summed E-state index contributed by atoms with van der Waals surface area (Å²) in [7, 11) is 0. The zero-order chi connectivity index (χ0) is 14.0. The molecule has 2 nitrogen and oxygen atoms in total. The van der Waals surface area contributed by atoms with Crippen LogP contribution in [0.15, 0.2) is 24.3 Å². The molecular weight excluding hydrogens is 245 g/mol.